The molecule has 3 rings (SSSR count). The molecule has 0 aliphatic carbocycles. The number of aromatic nitrogens is 2. The second-order valence-corrected chi connectivity index (χ2v) is 5.18. The Balaban J connectivity index is 2.10. The summed E-state index contributed by atoms with van der Waals surface area (Å²) in [5, 5.41) is 0. The van der Waals surface area contributed by atoms with Gasteiger partial charge in [0.15, 0.2) is 0 Å². The molecule has 1 aromatic heterocycles. The highest BCUT2D eigenvalue weighted by molar-refractivity contribution is 7.83. The number of nitrogens with zero attached hydrogens (tertiary/aromatic N) is 2. The van der Waals surface area contributed by atoms with Gasteiger partial charge in [-0.1, -0.05) is 0 Å². The van der Waals surface area contributed by atoms with Gasteiger partial charge in [-0.3, -0.25) is 4.21 Å². The van der Waals surface area contributed by atoms with Crippen molar-refractivity contribution in [3.63, 3.8) is 0 Å². The van der Waals surface area contributed by atoms with E-state index in [4.69, 9.17) is 5.73 Å². The molecular weight excluding hydrogens is 186 g/mol. The summed E-state index contributed by atoms with van der Waals surface area (Å²) < 4.78 is 13.4. The van der Waals surface area contributed by atoms with Gasteiger partial charge >= 0.3 is 0 Å². The molecule has 0 amide bonds. The van der Waals surface area contributed by atoms with Gasteiger partial charge in [-0.25, -0.2) is 4.98 Å². The molecule has 0 aromatic carbocycles. The number of hydrogen-bond donors (Lipinski definition) is 1. The zero-order valence-electron chi connectivity index (χ0n) is 7.19. The molecule has 70 valence electrons. The van der Waals surface area contributed by atoms with Crippen molar-refractivity contribution in [1.29, 1.82) is 0 Å². The van der Waals surface area contributed by atoms with E-state index < -0.39 is 10.8 Å². The minimum atomic E-state index is -0.716. The van der Waals surface area contributed by atoms with Crippen LogP contribution in [0.3, 0.4) is 0 Å². The average molecular weight is 197 g/mol. The first-order chi connectivity index (χ1) is 6.24. The smallest absolute Gasteiger partial charge is 0.110 e. The molecule has 2 aliphatic rings. The number of nitrogens with two attached hydrogens (primary N) is 1. The molecule has 0 spiro atoms. The lowest BCUT2D eigenvalue weighted by atomic mass is 10.2. The molecule has 4 nitrogen and oxygen atoms in total. The first kappa shape index (κ1) is 7.70. The Kier molecular flexibility index (Phi) is 1.43. The lowest BCUT2D eigenvalue weighted by Gasteiger charge is -2.01. The third-order valence-corrected chi connectivity index (χ3v) is 3.88. The monoisotopic (exact) mass is 197 g/mol. The normalized spacial score (nSPS) is 30.5. The summed E-state index contributed by atoms with van der Waals surface area (Å²) in [5.41, 5.74) is 8.03. The third-order valence-electron chi connectivity index (χ3n) is 2.69. The fourth-order valence-electron chi connectivity index (χ4n) is 2.13. The summed E-state index contributed by atoms with van der Waals surface area (Å²) in [7, 11) is -0.716. The summed E-state index contributed by atoms with van der Waals surface area (Å²) in [6.07, 6.45) is 0.875. The molecule has 2 aliphatic heterocycles. The van der Waals surface area contributed by atoms with Gasteiger partial charge in [0.1, 0.15) is 5.82 Å². The molecule has 5 heteroatoms. The highest BCUT2D eigenvalue weighted by atomic mass is 32.2. The zero-order chi connectivity index (χ0) is 9.00. The fourth-order valence-corrected chi connectivity index (χ4v) is 3.40. The van der Waals surface area contributed by atoms with Crippen molar-refractivity contribution in [3.8, 4) is 0 Å². The second kappa shape index (κ2) is 2.42. The molecule has 2 atom stereocenters. The maximum atomic E-state index is 11.3. The van der Waals surface area contributed by atoms with E-state index in [1.54, 1.807) is 0 Å². The van der Waals surface area contributed by atoms with Gasteiger partial charge in [0, 0.05) is 29.8 Å². The van der Waals surface area contributed by atoms with Gasteiger partial charge in [-0.15, -0.1) is 0 Å². The van der Waals surface area contributed by atoms with Crippen molar-refractivity contribution < 1.29 is 4.21 Å². The van der Waals surface area contributed by atoms with Crippen LogP contribution in [0, 0.1) is 0 Å². The number of fused-ring (bicyclic) bond motifs is 3. The average Bonchev–Trinajstić information content (AvgIpc) is 2.60. The summed E-state index contributed by atoms with van der Waals surface area (Å²) in [6.45, 7) is 0.856. The van der Waals surface area contributed by atoms with Crippen LogP contribution in [-0.4, -0.2) is 19.8 Å². The van der Waals surface area contributed by atoms with Gasteiger partial charge in [0.05, 0.1) is 22.9 Å². The Morgan fingerprint density at radius 2 is 2.38 bits per heavy atom. The van der Waals surface area contributed by atoms with Crippen LogP contribution in [0.5, 0.6) is 0 Å². The van der Waals surface area contributed by atoms with E-state index in [9.17, 15) is 4.21 Å². The Bertz CT molecular complexity index is 398. The molecule has 0 radical (unpaired) electrons. The summed E-state index contributed by atoms with van der Waals surface area (Å²) in [6, 6.07) is 0.210. The van der Waals surface area contributed by atoms with Gasteiger partial charge in [0.2, 0.25) is 0 Å². The number of imidazole rings is 1. The minimum Gasteiger partial charge on any atom is -0.329 e. The quantitative estimate of drug-likeness (QED) is 0.611. The summed E-state index contributed by atoms with van der Waals surface area (Å²) in [5.74, 6) is 2.41. The molecule has 13 heavy (non-hydrogen) atoms. The van der Waals surface area contributed by atoms with Gasteiger partial charge in [-0.2, -0.15) is 0 Å². The molecule has 0 bridgehead atoms. The minimum absolute atomic E-state index is 0.210. The molecule has 0 saturated carbocycles. The molecule has 2 unspecified atom stereocenters. The summed E-state index contributed by atoms with van der Waals surface area (Å²) in [4.78, 5) is 4.46. The second-order valence-electron chi connectivity index (χ2n) is 3.72. The van der Waals surface area contributed by atoms with E-state index in [0.717, 1.165) is 24.5 Å². The summed E-state index contributed by atoms with van der Waals surface area (Å²) >= 11 is 0. The van der Waals surface area contributed by atoms with Crippen LogP contribution in [0.1, 0.15) is 17.2 Å². The van der Waals surface area contributed by atoms with Crippen molar-refractivity contribution in [1.82, 2.24) is 9.55 Å². The molecule has 2 N–H and O–H groups in total. The first-order valence-electron chi connectivity index (χ1n) is 4.42. The van der Waals surface area contributed by atoms with Crippen LogP contribution in [0.15, 0.2) is 0 Å². The van der Waals surface area contributed by atoms with Crippen molar-refractivity contribution in [2.45, 2.75) is 30.5 Å². The fraction of sp³-hybridized carbons (Fsp3) is 0.625. The third kappa shape index (κ3) is 1.00. The van der Waals surface area contributed by atoms with Gasteiger partial charge in [-0.05, 0) is 0 Å². The highest BCUT2D eigenvalue weighted by Gasteiger charge is 2.30. The molecular formula is C8H11N3OS. The molecule has 0 fully saturated rings. The van der Waals surface area contributed by atoms with Crippen molar-refractivity contribution >= 4 is 10.8 Å². The van der Waals surface area contributed by atoms with Crippen LogP contribution >= 0.6 is 0 Å². The lowest BCUT2D eigenvalue weighted by molar-refractivity contribution is 0.628. The van der Waals surface area contributed by atoms with Gasteiger partial charge in [0.25, 0.3) is 0 Å². The van der Waals surface area contributed by atoms with Crippen molar-refractivity contribution in [2.75, 3.05) is 0 Å². The van der Waals surface area contributed by atoms with Crippen LogP contribution < -0.4 is 5.73 Å². The van der Waals surface area contributed by atoms with Crippen molar-refractivity contribution in [3.05, 3.63) is 17.2 Å². The van der Waals surface area contributed by atoms with E-state index >= 15 is 0 Å². The number of hydrogen-bond acceptors (Lipinski definition) is 3. The van der Waals surface area contributed by atoms with E-state index in [-0.39, 0.29) is 6.04 Å². The Labute approximate surface area is 78.6 Å². The highest BCUT2D eigenvalue weighted by Crippen LogP contribution is 2.26. The molecule has 1 aromatic rings. The Morgan fingerprint density at radius 3 is 3.23 bits per heavy atom. The van der Waals surface area contributed by atoms with E-state index in [2.05, 4.69) is 9.55 Å². The lowest BCUT2D eigenvalue weighted by Crippen LogP contribution is -2.21. The topological polar surface area (TPSA) is 60.9 Å². The van der Waals surface area contributed by atoms with Crippen LogP contribution in [-0.2, 0) is 35.3 Å². The van der Waals surface area contributed by atoms with Gasteiger partial charge < -0.3 is 10.3 Å². The Morgan fingerprint density at radius 1 is 1.54 bits per heavy atom. The predicted molar refractivity (Wildman–Crippen MR) is 49.5 cm³/mol. The number of rotatable bonds is 0. The molecule has 3 heterocycles. The molecule has 0 saturated heterocycles. The first-order valence-corrected chi connectivity index (χ1v) is 5.90. The zero-order valence-corrected chi connectivity index (χ0v) is 8.01. The van der Waals surface area contributed by atoms with E-state index in [0.29, 0.717) is 11.5 Å². The van der Waals surface area contributed by atoms with Crippen LogP contribution in [0.4, 0.5) is 0 Å². The SMILES string of the molecule is NC1Cc2nc3c(n2C1)CS(=O)C3. The van der Waals surface area contributed by atoms with Crippen LogP contribution in [0.2, 0.25) is 0 Å². The van der Waals surface area contributed by atoms with E-state index in [1.165, 1.54) is 5.69 Å². The maximum absolute atomic E-state index is 11.3. The largest absolute Gasteiger partial charge is 0.329 e. The maximum Gasteiger partial charge on any atom is 0.110 e. The van der Waals surface area contributed by atoms with Crippen LogP contribution in [0.25, 0.3) is 0 Å². The standard InChI is InChI=1S/C8H11N3OS/c9-5-1-8-10-6-3-13(12)4-7(6)11(8)2-5/h5H,1-4,9H2. The van der Waals surface area contributed by atoms with Crippen molar-refractivity contribution in [2.24, 2.45) is 5.73 Å². The van der Waals surface area contributed by atoms with E-state index in [1.807, 2.05) is 0 Å². The predicted octanol–water partition coefficient (Wildman–Crippen LogP) is -0.471. The Hall–Kier alpha value is -0.680.